The fraction of sp³-hybridized carbons (Fsp3) is 0.222. The van der Waals surface area contributed by atoms with Crippen LogP contribution < -0.4 is 9.54 Å². The average Bonchev–Trinajstić information content (AvgIpc) is 2.98. The minimum Gasteiger partial charge on any atom is -0.484 e. The van der Waals surface area contributed by atoms with Crippen LogP contribution in [-0.2, 0) is 16.1 Å². The number of hydrogen-bond donors (Lipinski definition) is 0. The summed E-state index contributed by atoms with van der Waals surface area (Å²) in [5.74, 6) is 0.179. The van der Waals surface area contributed by atoms with Crippen LogP contribution in [0.15, 0.2) is 47.5 Å². The Kier molecular flexibility index (Phi) is 6.32. The molecule has 26 heavy (non-hydrogen) atoms. The normalized spacial score (nSPS) is 11.9. The van der Waals surface area contributed by atoms with Crippen LogP contribution in [0.5, 0.6) is 5.75 Å². The van der Waals surface area contributed by atoms with E-state index in [9.17, 15) is 4.79 Å². The highest BCUT2D eigenvalue weighted by Gasteiger charge is 2.11. The molecule has 0 bridgehead atoms. The highest BCUT2D eigenvalue weighted by molar-refractivity contribution is 7.16. The number of fused-ring (bicyclic) bond motifs is 1. The van der Waals surface area contributed by atoms with Crippen LogP contribution >= 0.6 is 34.5 Å². The molecule has 0 saturated heterocycles. The highest BCUT2D eigenvalue weighted by Crippen LogP contribution is 2.25. The monoisotopic (exact) mass is 410 g/mol. The van der Waals surface area contributed by atoms with E-state index < -0.39 is 0 Å². The van der Waals surface area contributed by atoms with Gasteiger partial charge in [-0.3, -0.25) is 4.79 Å². The Morgan fingerprint density at radius 2 is 1.96 bits per heavy atom. The van der Waals surface area contributed by atoms with Crippen molar-refractivity contribution in [1.29, 1.82) is 0 Å². The molecule has 3 aromatic rings. The molecular weight excluding hydrogens is 395 g/mol. The summed E-state index contributed by atoms with van der Waals surface area (Å²) in [6, 6.07) is 12.4. The standard InChI is InChI=1S/C18H16Cl2N2O3S/c1-24-10-9-22-17-14(20)3-2-4-15(17)26-18(22)21-16(23)11-25-13-7-5-12(19)6-8-13/h2-8H,9-11H2,1H3. The number of carbonyl (C=O) groups is 1. The van der Waals surface area contributed by atoms with Crippen molar-refractivity contribution in [2.24, 2.45) is 4.99 Å². The predicted octanol–water partition coefficient (Wildman–Crippen LogP) is 4.16. The maximum absolute atomic E-state index is 12.3. The number of nitrogens with zero attached hydrogens (tertiary/aromatic N) is 2. The average molecular weight is 411 g/mol. The summed E-state index contributed by atoms with van der Waals surface area (Å²) in [4.78, 5) is 17.0. The van der Waals surface area contributed by atoms with Crippen molar-refractivity contribution in [2.75, 3.05) is 20.3 Å². The quantitative estimate of drug-likeness (QED) is 0.612. The Hall–Kier alpha value is -1.86. The van der Waals surface area contributed by atoms with Gasteiger partial charge >= 0.3 is 0 Å². The van der Waals surface area contributed by atoms with Gasteiger partial charge in [0.2, 0.25) is 0 Å². The van der Waals surface area contributed by atoms with E-state index in [1.807, 2.05) is 22.8 Å². The van der Waals surface area contributed by atoms with Gasteiger partial charge in [0.1, 0.15) is 5.75 Å². The van der Waals surface area contributed by atoms with Crippen LogP contribution in [0, 0.1) is 0 Å². The number of thiazole rings is 1. The Balaban J connectivity index is 1.86. The number of ether oxygens (including phenoxy) is 2. The molecule has 0 aliphatic heterocycles. The Morgan fingerprint density at radius 1 is 1.19 bits per heavy atom. The van der Waals surface area contributed by atoms with Gasteiger partial charge in [0.05, 0.1) is 21.8 Å². The molecular formula is C18H16Cl2N2O3S. The van der Waals surface area contributed by atoms with Crippen molar-refractivity contribution in [3.05, 3.63) is 57.3 Å². The molecule has 0 spiro atoms. The van der Waals surface area contributed by atoms with Gasteiger partial charge in [-0.25, -0.2) is 0 Å². The molecule has 136 valence electrons. The first-order valence-corrected chi connectivity index (χ1v) is 9.38. The first-order chi connectivity index (χ1) is 12.6. The molecule has 8 heteroatoms. The molecule has 5 nitrogen and oxygen atoms in total. The third-order valence-electron chi connectivity index (χ3n) is 3.57. The number of hydrogen-bond acceptors (Lipinski definition) is 4. The summed E-state index contributed by atoms with van der Waals surface area (Å²) in [7, 11) is 1.62. The number of aromatic nitrogens is 1. The maximum atomic E-state index is 12.3. The maximum Gasteiger partial charge on any atom is 0.286 e. The highest BCUT2D eigenvalue weighted by atomic mass is 35.5. The lowest BCUT2D eigenvalue weighted by atomic mass is 10.3. The SMILES string of the molecule is COCCn1c(=NC(=O)COc2ccc(Cl)cc2)sc2cccc(Cl)c21. The number of methoxy groups -OCH3 is 1. The van der Waals surface area contributed by atoms with Crippen molar-refractivity contribution in [2.45, 2.75) is 6.54 Å². The number of carbonyl (C=O) groups excluding carboxylic acids is 1. The van der Waals surface area contributed by atoms with Crippen molar-refractivity contribution < 1.29 is 14.3 Å². The van der Waals surface area contributed by atoms with Crippen LogP contribution in [-0.4, -0.2) is 30.8 Å². The van der Waals surface area contributed by atoms with Crippen LogP contribution in [0.2, 0.25) is 10.0 Å². The number of halogens is 2. The molecule has 0 radical (unpaired) electrons. The van der Waals surface area contributed by atoms with Gasteiger partial charge in [-0.15, -0.1) is 0 Å². The molecule has 1 heterocycles. The van der Waals surface area contributed by atoms with Gasteiger partial charge in [-0.05, 0) is 36.4 Å². The van der Waals surface area contributed by atoms with Crippen molar-refractivity contribution in [3.63, 3.8) is 0 Å². The predicted molar refractivity (Wildman–Crippen MR) is 104 cm³/mol. The minimum absolute atomic E-state index is 0.159. The van der Waals surface area contributed by atoms with E-state index in [1.54, 1.807) is 31.4 Å². The summed E-state index contributed by atoms with van der Waals surface area (Å²) >= 11 is 13.6. The summed E-state index contributed by atoms with van der Waals surface area (Å²) in [6.07, 6.45) is 0. The Labute approximate surface area is 164 Å². The Morgan fingerprint density at radius 3 is 2.69 bits per heavy atom. The lowest BCUT2D eigenvalue weighted by Crippen LogP contribution is -2.21. The number of para-hydroxylation sites is 1. The van der Waals surface area contributed by atoms with E-state index >= 15 is 0 Å². The second kappa shape index (κ2) is 8.68. The van der Waals surface area contributed by atoms with Gasteiger partial charge in [0.15, 0.2) is 11.4 Å². The van der Waals surface area contributed by atoms with E-state index in [0.29, 0.717) is 33.7 Å². The summed E-state index contributed by atoms with van der Waals surface area (Å²) < 4.78 is 13.5. The number of rotatable bonds is 6. The van der Waals surface area contributed by atoms with Gasteiger partial charge in [0.25, 0.3) is 5.91 Å². The van der Waals surface area contributed by atoms with Crippen LogP contribution in [0.4, 0.5) is 0 Å². The van der Waals surface area contributed by atoms with Crippen molar-refractivity contribution >= 4 is 50.7 Å². The molecule has 2 aromatic carbocycles. The third-order valence-corrected chi connectivity index (χ3v) is 5.17. The van der Waals surface area contributed by atoms with Crippen molar-refractivity contribution in [3.8, 4) is 5.75 Å². The molecule has 0 fully saturated rings. The summed E-state index contributed by atoms with van der Waals surface area (Å²) in [6.45, 7) is 0.873. The lowest BCUT2D eigenvalue weighted by molar-refractivity contribution is -0.120. The van der Waals surface area contributed by atoms with E-state index in [-0.39, 0.29) is 12.5 Å². The van der Waals surface area contributed by atoms with Gasteiger partial charge < -0.3 is 14.0 Å². The van der Waals surface area contributed by atoms with E-state index in [2.05, 4.69) is 4.99 Å². The smallest absolute Gasteiger partial charge is 0.286 e. The zero-order chi connectivity index (χ0) is 18.5. The van der Waals surface area contributed by atoms with E-state index in [0.717, 1.165) is 10.2 Å². The van der Waals surface area contributed by atoms with E-state index in [1.165, 1.54) is 11.3 Å². The zero-order valence-electron chi connectivity index (χ0n) is 13.9. The first kappa shape index (κ1) is 18.9. The molecule has 1 aromatic heterocycles. The molecule has 0 unspecified atom stereocenters. The summed E-state index contributed by atoms with van der Waals surface area (Å²) in [5, 5.41) is 1.22. The molecule has 3 rings (SSSR count). The second-order valence-corrected chi connectivity index (χ2v) is 7.22. The van der Waals surface area contributed by atoms with Gasteiger partial charge in [-0.1, -0.05) is 40.6 Å². The molecule has 0 saturated carbocycles. The fourth-order valence-electron chi connectivity index (χ4n) is 2.38. The fourth-order valence-corrected chi connectivity index (χ4v) is 3.94. The lowest BCUT2D eigenvalue weighted by Gasteiger charge is -2.06. The Bertz CT molecular complexity index is 980. The molecule has 1 amide bonds. The van der Waals surface area contributed by atoms with E-state index in [4.69, 9.17) is 32.7 Å². The number of amides is 1. The minimum atomic E-state index is -0.381. The largest absolute Gasteiger partial charge is 0.484 e. The van der Waals surface area contributed by atoms with Gasteiger partial charge in [-0.2, -0.15) is 4.99 Å². The van der Waals surface area contributed by atoms with Crippen LogP contribution in [0.25, 0.3) is 10.2 Å². The molecule has 0 N–H and O–H groups in total. The van der Waals surface area contributed by atoms with Gasteiger partial charge in [0, 0.05) is 18.7 Å². The first-order valence-electron chi connectivity index (χ1n) is 7.81. The molecule has 0 aliphatic carbocycles. The third kappa shape index (κ3) is 4.45. The second-order valence-electron chi connectivity index (χ2n) is 5.36. The molecule has 0 aliphatic rings. The van der Waals surface area contributed by atoms with Crippen molar-refractivity contribution in [1.82, 2.24) is 4.57 Å². The van der Waals surface area contributed by atoms with Crippen LogP contribution in [0.1, 0.15) is 0 Å². The van der Waals surface area contributed by atoms with Crippen LogP contribution in [0.3, 0.4) is 0 Å². The summed E-state index contributed by atoms with van der Waals surface area (Å²) in [5.41, 5.74) is 0.849. The number of benzene rings is 2. The zero-order valence-corrected chi connectivity index (χ0v) is 16.3. The molecule has 0 atom stereocenters. The topological polar surface area (TPSA) is 52.8 Å².